The zero-order chi connectivity index (χ0) is 25.0. The molecule has 1 amide bonds. The average molecular weight is 499 g/mol. The molecule has 2 fully saturated rings. The van der Waals surface area contributed by atoms with Gasteiger partial charge in [0.15, 0.2) is 21.5 Å². The van der Waals surface area contributed by atoms with E-state index in [0.717, 1.165) is 12.1 Å². The van der Waals surface area contributed by atoms with Gasteiger partial charge in [-0.3, -0.25) is 4.79 Å². The molecule has 11 heteroatoms. The quantitative estimate of drug-likeness (QED) is 0.482. The highest BCUT2D eigenvalue weighted by Gasteiger charge is 2.59. The third kappa shape index (κ3) is 4.04. The number of sulfone groups is 1. The van der Waals surface area contributed by atoms with Crippen molar-refractivity contribution in [3.05, 3.63) is 47.8 Å². The molecule has 34 heavy (non-hydrogen) atoms. The topological polar surface area (TPSA) is 129 Å². The molecule has 1 unspecified atom stereocenters. The molecular weight excluding hydrogens is 470 g/mol. The number of aryl methyl sites for hydroxylation is 1. The SMILES string of the molecule is C[C@H](O)[C@@H](O)[C@@]1(O)C2CC[C@H]1C[C@H](S(=O)(=O)c1cc(C(=O)Nc3ccc(F)c(F)c3)n(C)c1)C2. The average Bonchev–Trinajstić information content (AvgIpc) is 3.21. The van der Waals surface area contributed by atoms with Crippen LogP contribution in [0, 0.1) is 23.5 Å². The van der Waals surface area contributed by atoms with Crippen molar-refractivity contribution in [3.63, 3.8) is 0 Å². The molecule has 0 aliphatic heterocycles. The van der Waals surface area contributed by atoms with Crippen LogP contribution in [0.5, 0.6) is 0 Å². The number of benzene rings is 1. The number of nitrogens with one attached hydrogen (secondary N) is 1. The summed E-state index contributed by atoms with van der Waals surface area (Å²) in [5.74, 6) is -3.82. The van der Waals surface area contributed by atoms with E-state index in [9.17, 15) is 37.3 Å². The van der Waals surface area contributed by atoms with Crippen LogP contribution in [0.3, 0.4) is 0 Å². The number of aromatic nitrogens is 1. The maximum absolute atomic E-state index is 13.4. The zero-order valence-electron chi connectivity index (χ0n) is 18.8. The first-order chi connectivity index (χ1) is 15.9. The van der Waals surface area contributed by atoms with Crippen molar-refractivity contribution in [2.45, 2.75) is 60.6 Å². The number of halogens is 2. The predicted octanol–water partition coefficient (Wildman–Crippen LogP) is 1.99. The van der Waals surface area contributed by atoms with E-state index in [0.29, 0.717) is 12.8 Å². The fourth-order valence-electron chi connectivity index (χ4n) is 5.54. The lowest BCUT2D eigenvalue weighted by atomic mass is 9.70. The van der Waals surface area contributed by atoms with Crippen LogP contribution in [0.25, 0.3) is 0 Å². The van der Waals surface area contributed by atoms with E-state index in [1.807, 2.05) is 0 Å². The summed E-state index contributed by atoms with van der Waals surface area (Å²) in [6.07, 6.45) is 0.168. The number of carbonyl (C=O) groups excluding carboxylic acids is 1. The molecule has 4 N–H and O–H groups in total. The number of carbonyl (C=O) groups is 1. The van der Waals surface area contributed by atoms with Crippen LogP contribution in [0.4, 0.5) is 14.5 Å². The second kappa shape index (κ2) is 8.71. The van der Waals surface area contributed by atoms with Crippen molar-refractivity contribution >= 4 is 21.4 Å². The lowest BCUT2D eigenvalue weighted by Crippen LogP contribution is -2.58. The van der Waals surface area contributed by atoms with E-state index in [1.54, 1.807) is 0 Å². The highest BCUT2D eigenvalue weighted by Crippen LogP contribution is 2.53. The second-order valence-electron chi connectivity index (χ2n) is 9.44. The van der Waals surface area contributed by atoms with E-state index >= 15 is 0 Å². The van der Waals surface area contributed by atoms with Crippen LogP contribution < -0.4 is 5.32 Å². The van der Waals surface area contributed by atoms with Gasteiger partial charge in [-0.25, -0.2) is 17.2 Å². The molecule has 0 spiro atoms. The minimum atomic E-state index is -3.87. The molecule has 2 saturated carbocycles. The molecule has 0 radical (unpaired) electrons. The van der Waals surface area contributed by atoms with Crippen LogP contribution in [0.15, 0.2) is 35.4 Å². The normalized spacial score (nSPS) is 28.5. The number of fused-ring (bicyclic) bond motifs is 2. The molecule has 2 aliphatic rings. The maximum Gasteiger partial charge on any atom is 0.272 e. The van der Waals surface area contributed by atoms with Crippen LogP contribution in [-0.4, -0.2) is 57.3 Å². The van der Waals surface area contributed by atoms with Crippen LogP contribution in [0.1, 0.15) is 43.1 Å². The Labute approximate surface area is 196 Å². The molecular formula is C23H28F2N2O6S. The van der Waals surface area contributed by atoms with Gasteiger partial charge in [0.1, 0.15) is 11.8 Å². The number of anilines is 1. The van der Waals surface area contributed by atoms with E-state index in [4.69, 9.17) is 0 Å². The third-order valence-electron chi connectivity index (χ3n) is 7.35. The lowest BCUT2D eigenvalue weighted by molar-refractivity contribution is -0.172. The van der Waals surface area contributed by atoms with Crippen molar-refractivity contribution in [2.24, 2.45) is 18.9 Å². The van der Waals surface area contributed by atoms with Gasteiger partial charge in [0.25, 0.3) is 5.91 Å². The molecule has 0 saturated heterocycles. The van der Waals surface area contributed by atoms with Crippen molar-refractivity contribution < 1.29 is 37.3 Å². The maximum atomic E-state index is 13.4. The Kier molecular flexibility index (Phi) is 6.34. The Morgan fingerprint density at radius 1 is 1.15 bits per heavy atom. The molecule has 2 aromatic rings. The van der Waals surface area contributed by atoms with Crippen molar-refractivity contribution in [2.75, 3.05) is 5.32 Å². The molecule has 6 atom stereocenters. The van der Waals surface area contributed by atoms with Gasteiger partial charge in [0.2, 0.25) is 0 Å². The standard InChI is InChI=1S/C23H28F2N2O6S/c1-12(28)21(29)23(31)13-3-4-14(23)8-16(7-13)34(32,33)17-10-20(27(2)11-17)22(30)26-15-5-6-18(24)19(25)9-15/h5-6,9-14,16,21,28-29,31H,3-4,7-8H2,1-2H3,(H,26,30)/t12-,13-,14?,16-,21+,23-/m0/s1. The van der Waals surface area contributed by atoms with Crippen LogP contribution in [0.2, 0.25) is 0 Å². The van der Waals surface area contributed by atoms with Crippen molar-refractivity contribution in [3.8, 4) is 0 Å². The number of aliphatic hydroxyl groups excluding tert-OH is 2. The molecule has 2 bridgehead atoms. The summed E-state index contributed by atoms with van der Waals surface area (Å²) >= 11 is 0. The van der Waals surface area contributed by atoms with E-state index in [2.05, 4.69) is 5.32 Å². The fourth-order valence-corrected chi connectivity index (χ4v) is 7.48. The predicted molar refractivity (Wildman–Crippen MR) is 119 cm³/mol. The van der Waals surface area contributed by atoms with Gasteiger partial charge in [-0.2, -0.15) is 0 Å². The number of hydrogen-bond donors (Lipinski definition) is 4. The summed E-state index contributed by atoms with van der Waals surface area (Å²) in [5.41, 5.74) is -1.50. The Morgan fingerprint density at radius 2 is 1.76 bits per heavy atom. The second-order valence-corrected chi connectivity index (χ2v) is 11.7. The van der Waals surface area contributed by atoms with Gasteiger partial charge in [0.05, 0.1) is 21.9 Å². The van der Waals surface area contributed by atoms with Crippen LogP contribution >= 0.6 is 0 Å². The van der Waals surface area contributed by atoms with Gasteiger partial charge in [-0.15, -0.1) is 0 Å². The minimum absolute atomic E-state index is 0.0168. The summed E-state index contributed by atoms with van der Waals surface area (Å²) in [5, 5.41) is 33.0. The minimum Gasteiger partial charge on any atom is -0.391 e. The first-order valence-electron chi connectivity index (χ1n) is 11.1. The molecule has 4 rings (SSSR count). The zero-order valence-corrected chi connectivity index (χ0v) is 19.6. The largest absolute Gasteiger partial charge is 0.391 e. The summed E-state index contributed by atoms with van der Waals surface area (Å²) in [7, 11) is -2.37. The number of amides is 1. The first-order valence-corrected chi connectivity index (χ1v) is 12.7. The monoisotopic (exact) mass is 498 g/mol. The van der Waals surface area contributed by atoms with Gasteiger partial charge >= 0.3 is 0 Å². The van der Waals surface area contributed by atoms with Gasteiger partial charge in [0, 0.05) is 25.0 Å². The van der Waals surface area contributed by atoms with Gasteiger partial charge in [-0.1, -0.05) is 0 Å². The summed E-state index contributed by atoms with van der Waals surface area (Å²) in [6.45, 7) is 1.39. The van der Waals surface area contributed by atoms with Crippen molar-refractivity contribution in [1.82, 2.24) is 4.57 Å². The molecule has 1 aromatic carbocycles. The van der Waals surface area contributed by atoms with E-state index in [-0.39, 0.29) is 29.1 Å². The highest BCUT2D eigenvalue weighted by molar-refractivity contribution is 7.92. The molecule has 186 valence electrons. The highest BCUT2D eigenvalue weighted by atomic mass is 32.2. The van der Waals surface area contributed by atoms with E-state index < -0.39 is 62.3 Å². The lowest BCUT2D eigenvalue weighted by Gasteiger charge is -2.46. The van der Waals surface area contributed by atoms with Gasteiger partial charge < -0.3 is 25.2 Å². The summed E-state index contributed by atoms with van der Waals surface area (Å²) < 4.78 is 54.7. The molecule has 8 nitrogen and oxygen atoms in total. The van der Waals surface area contributed by atoms with E-state index in [1.165, 1.54) is 36.9 Å². The number of nitrogens with zero attached hydrogens (tertiary/aromatic N) is 1. The smallest absolute Gasteiger partial charge is 0.272 e. The molecule has 2 aliphatic carbocycles. The first kappa shape index (κ1) is 24.8. The Bertz CT molecular complexity index is 1200. The Balaban J connectivity index is 1.55. The molecule has 1 aromatic heterocycles. The molecule has 1 heterocycles. The number of rotatable bonds is 6. The summed E-state index contributed by atoms with van der Waals surface area (Å²) in [4.78, 5) is 12.6. The number of hydrogen-bond acceptors (Lipinski definition) is 6. The Morgan fingerprint density at radius 3 is 2.32 bits per heavy atom. The number of aliphatic hydroxyl groups is 3. The van der Waals surface area contributed by atoms with Crippen LogP contribution in [-0.2, 0) is 16.9 Å². The third-order valence-corrected chi connectivity index (χ3v) is 9.50. The van der Waals surface area contributed by atoms with Crippen molar-refractivity contribution in [1.29, 1.82) is 0 Å². The summed E-state index contributed by atoms with van der Waals surface area (Å²) in [6, 6.07) is 4.13. The van der Waals surface area contributed by atoms with Gasteiger partial charge in [-0.05, 0) is 62.6 Å². The fraction of sp³-hybridized carbons (Fsp3) is 0.522. The Hall–Kier alpha value is -2.34.